The molecule has 1 heterocycles. The smallest absolute Gasteiger partial charge is 0.234 e. The topological polar surface area (TPSA) is 92.8 Å². The van der Waals surface area contributed by atoms with Crippen LogP contribution in [-0.2, 0) is 11.8 Å². The van der Waals surface area contributed by atoms with Crippen LogP contribution in [-0.4, -0.2) is 38.6 Å². The van der Waals surface area contributed by atoms with Gasteiger partial charge in [-0.15, -0.1) is 10.2 Å². The molecule has 0 radical (unpaired) electrons. The molecule has 2 rings (SSSR count). The van der Waals surface area contributed by atoms with E-state index in [0.29, 0.717) is 11.0 Å². The van der Waals surface area contributed by atoms with Gasteiger partial charge in [0.25, 0.3) is 0 Å². The lowest BCUT2D eigenvalue weighted by Gasteiger charge is -2.28. The molecule has 144 valence electrons. The lowest BCUT2D eigenvalue weighted by molar-refractivity contribution is -0.121. The van der Waals surface area contributed by atoms with E-state index in [1.54, 1.807) is 21.0 Å². The fraction of sp³-hybridized carbons (Fsp3) is 0.474. The van der Waals surface area contributed by atoms with Crippen LogP contribution < -0.4 is 10.1 Å². The molecule has 7 nitrogen and oxygen atoms in total. The molecule has 0 unspecified atom stereocenters. The number of thioether (sulfide) groups is 1. The van der Waals surface area contributed by atoms with Gasteiger partial charge in [0.15, 0.2) is 11.0 Å². The molecule has 1 aromatic carbocycles. The normalized spacial score (nSPS) is 14.3. The second kappa shape index (κ2) is 8.44. The van der Waals surface area contributed by atoms with E-state index in [-0.39, 0.29) is 11.8 Å². The minimum absolute atomic E-state index is 0.000141. The predicted octanol–water partition coefficient (Wildman–Crippen LogP) is 3.03. The van der Waals surface area contributed by atoms with Gasteiger partial charge in [-0.05, 0) is 44.0 Å². The quantitative estimate of drug-likeness (QED) is 0.734. The van der Waals surface area contributed by atoms with Gasteiger partial charge in [0.2, 0.25) is 5.91 Å². The zero-order valence-electron chi connectivity index (χ0n) is 16.5. The van der Waals surface area contributed by atoms with Crippen LogP contribution in [0.2, 0.25) is 0 Å². The van der Waals surface area contributed by atoms with Gasteiger partial charge in [0.05, 0.1) is 18.4 Å². The second-order valence-electron chi connectivity index (χ2n) is 6.81. The summed E-state index contributed by atoms with van der Waals surface area (Å²) in [5.74, 6) is 1.27. The third-order valence-corrected chi connectivity index (χ3v) is 5.74. The molecule has 8 heteroatoms. The fourth-order valence-electron chi connectivity index (χ4n) is 2.28. The Balaban J connectivity index is 2.12. The van der Waals surface area contributed by atoms with Crippen LogP contribution in [0, 0.1) is 17.2 Å². The maximum atomic E-state index is 12.5. The number of methoxy groups -OCH3 is 1. The standard InChI is InChI=1S/C19H25N5O2S/c1-12(2)19(4,11-20)21-17(25)13(3)27-18-23-22-16(24(18)5)14-7-9-15(26-6)10-8-14/h7-10,12-13H,1-6H3,(H,21,25)/t13-,19-/m0/s1. The average Bonchev–Trinajstić information content (AvgIpc) is 3.01. The minimum Gasteiger partial charge on any atom is -0.497 e. The fourth-order valence-corrected chi connectivity index (χ4v) is 3.09. The molecule has 27 heavy (non-hydrogen) atoms. The van der Waals surface area contributed by atoms with Crippen LogP contribution in [0.3, 0.4) is 0 Å². The number of nitrogens with one attached hydrogen (secondary N) is 1. The van der Waals surface area contributed by atoms with Crippen LogP contribution in [0.4, 0.5) is 0 Å². The molecular weight excluding hydrogens is 362 g/mol. The first-order chi connectivity index (χ1) is 12.7. The van der Waals surface area contributed by atoms with Crippen LogP contribution in [0.5, 0.6) is 5.75 Å². The van der Waals surface area contributed by atoms with Gasteiger partial charge < -0.3 is 14.6 Å². The van der Waals surface area contributed by atoms with E-state index >= 15 is 0 Å². The predicted molar refractivity (Wildman–Crippen MR) is 105 cm³/mol. The molecule has 0 saturated carbocycles. The zero-order chi connectivity index (χ0) is 20.2. The van der Waals surface area contributed by atoms with Crippen LogP contribution in [0.15, 0.2) is 29.4 Å². The summed E-state index contributed by atoms with van der Waals surface area (Å²) in [6.07, 6.45) is 0. The Morgan fingerprint density at radius 1 is 1.30 bits per heavy atom. The Kier molecular flexibility index (Phi) is 6.50. The van der Waals surface area contributed by atoms with E-state index in [1.807, 2.05) is 49.7 Å². The van der Waals surface area contributed by atoms with E-state index < -0.39 is 10.8 Å². The highest BCUT2D eigenvalue weighted by atomic mass is 32.2. The Morgan fingerprint density at radius 2 is 1.93 bits per heavy atom. The summed E-state index contributed by atoms with van der Waals surface area (Å²) in [4.78, 5) is 12.5. The maximum absolute atomic E-state index is 12.5. The van der Waals surface area contributed by atoms with Crippen molar-refractivity contribution in [3.63, 3.8) is 0 Å². The first kappa shape index (κ1) is 20.8. The van der Waals surface area contributed by atoms with Crippen molar-refractivity contribution >= 4 is 17.7 Å². The van der Waals surface area contributed by atoms with E-state index in [2.05, 4.69) is 21.6 Å². The van der Waals surface area contributed by atoms with Crippen molar-refractivity contribution in [3.05, 3.63) is 24.3 Å². The third kappa shape index (κ3) is 4.61. The monoisotopic (exact) mass is 387 g/mol. The molecule has 1 N–H and O–H groups in total. The maximum Gasteiger partial charge on any atom is 0.234 e. The Hall–Kier alpha value is -2.53. The van der Waals surface area contributed by atoms with Crippen LogP contribution in [0.25, 0.3) is 11.4 Å². The van der Waals surface area contributed by atoms with Gasteiger partial charge in [-0.2, -0.15) is 5.26 Å². The van der Waals surface area contributed by atoms with Gasteiger partial charge in [-0.3, -0.25) is 4.79 Å². The number of nitriles is 1. The van der Waals surface area contributed by atoms with E-state index in [1.165, 1.54) is 11.8 Å². The highest BCUT2D eigenvalue weighted by molar-refractivity contribution is 8.00. The van der Waals surface area contributed by atoms with Crippen molar-refractivity contribution in [2.75, 3.05) is 7.11 Å². The molecule has 0 aliphatic heterocycles. The van der Waals surface area contributed by atoms with Gasteiger partial charge in [-0.25, -0.2) is 0 Å². The minimum atomic E-state index is -0.903. The van der Waals surface area contributed by atoms with Crippen LogP contribution >= 0.6 is 11.8 Å². The number of ether oxygens (including phenoxy) is 1. The SMILES string of the molecule is COc1ccc(-c2nnc(S[C@@H](C)C(=O)N[C@@](C)(C#N)C(C)C)n2C)cc1. The second-order valence-corrected chi connectivity index (χ2v) is 8.12. The van der Waals surface area contributed by atoms with E-state index in [0.717, 1.165) is 11.3 Å². The molecule has 0 fully saturated rings. The zero-order valence-corrected chi connectivity index (χ0v) is 17.3. The first-order valence-corrected chi connectivity index (χ1v) is 9.53. The lowest BCUT2D eigenvalue weighted by Crippen LogP contribution is -2.51. The number of hydrogen-bond donors (Lipinski definition) is 1. The number of rotatable bonds is 7. The molecule has 0 saturated heterocycles. The summed E-state index contributed by atoms with van der Waals surface area (Å²) in [6, 6.07) is 9.74. The number of benzene rings is 1. The van der Waals surface area contributed by atoms with Gasteiger partial charge in [0, 0.05) is 12.6 Å². The van der Waals surface area contributed by atoms with E-state index in [4.69, 9.17) is 4.74 Å². The summed E-state index contributed by atoms with van der Waals surface area (Å²) >= 11 is 1.31. The first-order valence-electron chi connectivity index (χ1n) is 8.65. The molecule has 0 aliphatic carbocycles. The van der Waals surface area contributed by atoms with Crippen molar-refractivity contribution in [3.8, 4) is 23.2 Å². The summed E-state index contributed by atoms with van der Waals surface area (Å²) in [5, 5.41) is 20.9. The van der Waals surface area contributed by atoms with Gasteiger partial charge >= 0.3 is 0 Å². The van der Waals surface area contributed by atoms with Crippen molar-refractivity contribution in [1.82, 2.24) is 20.1 Å². The Bertz CT molecular complexity index is 841. The molecule has 0 bridgehead atoms. The highest BCUT2D eigenvalue weighted by Gasteiger charge is 2.32. The number of aromatic nitrogens is 3. The van der Waals surface area contributed by atoms with Crippen molar-refractivity contribution in [1.29, 1.82) is 5.26 Å². The third-order valence-electron chi connectivity index (χ3n) is 4.60. The summed E-state index contributed by atoms with van der Waals surface area (Å²) in [6.45, 7) is 7.34. The number of hydrogen-bond acceptors (Lipinski definition) is 6. The van der Waals surface area contributed by atoms with Crippen LogP contribution in [0.1, 0.15) is 27.7 Å². The number of carbonyl (C=O) groups is 1. The van der Waals surface area contributed by atoms with Crippen molar-refractivity contribution < 1.29 is 9.53 Å². The summed E-state index contributed by atoms with van der Waals surface area (Å²) in [5.41, 5.74) is 0.00617. The van der Waals surface area contributed by atoms with Gasteiger partial charge in [0.1, 0.15) is 11.3 Å². The van der Waals surface area contributed by atoms with Crippen molar-refractivity contribution in [2.45, 2.75) is 43.6 Å². The molecule has 2 atom stereocenters. The summed E-state index contributed by atoms with van der Waals surface area (Å²) < 4.78 is 7.02. The molecule has 0 spiro atoms. The number of nitrogens with zero attached hydrogens (tertiary/aromatic N) is 4. The highest BCUT2D eigenvalue weighted by Crippen LogP contribution is 2.27. The average molecular weight is 388 g/mol. The Labute approximate surface area is 164 Å². The molecule has 2 aromatic rings. The molecule has 1 amide bonds. The molecule has 1 aromatic heterocycles. The number of amides is 1. The largest absolute Gasteiger partial charge is 0.497 e. The molecular formula is C19H25N5O2S. The van der Waals surface area contributed by atoms with Crippen molar-refractivity contribution in [2.24, 2.45) is 13.0 Å². The number of carbonyl (C=O) groups excluding carboxylic acids is 1. The van der Waals surface area contributed by atoms with E-state index in [9.17, 15) is 10.1 Å². The lowest BCUT2D eigenvalue weighted by atomic mass is 9.90. The summed E-state index contributed by atoms with van der Waals surface area (Å²) in [7, 11) is 3.48. The molecule has 0 aliphatic rings. The van der Waals surface area contributed by atoms with Gasteiger partial charge in [-0.1, -0.05) is 25.6 Å². The Morgan fingerprint density at radius 3 is 2.44 bits per heavy atom.